The topological polar surface area (TPSA) is 43.3 Å². The largest absolute Gasteiger partial charge is 0.455 e. The normalized spacial score (nSPS) is 10.7. The summed E-state index contributed by atoms with van der Waals surface area (Å²) in [5.74, 6) is 1.28. The van der Waals surface area contributed by atoms with Gasteiger partial charge in [-0.15, -0.1) is 0 Å². The van der Waals surface area contributed by atoms with E-state index in [1.165, 1.54) is 0 Å². The molecule has 0 saturated heterocycles. The Morgan fingerprint density at radius 1 is 0.926 bits per heavy atom. The summed E-state index contributed by atoms with van der Waals surface area (Å²) in [6, 6.07) is 25.1. The van der Waals surface area contributed by atoms with Gasteiger partial charge in [0.15, 0.2) is 5.75 Å². The van der Waals surface area contributed by atoms with E-state index in [-0.39, 0.29) is 5.91 Å². The summed E-state index contributed by atoms with van der Waals surface area (Å²) in [5.41, 5.74) is 2.78. The van der Waals surface area contributed by atoms with Gasteiger partial charge in [-0.25, -0.2) is 0 Å². The first kappa shape index (κ1) is 16.9. The van der Waals surface area contributed by atoms with Crippen LogP contribution in [-0.2, 0) is 18.3 Å². The average molecular weight is 356 g/mol. The zero-order valence-corrected chi connectivity index (χ0v) is 15.1. The molecule has 0 radical (unpaired) electrons. The Bertz CT molecular complexity index is 1080. The second kappa shape index (κ2) is 7.38. The van der Waals surface area contributed by atoms with E-state index >= 15 is 0 Å². The number of aromatic nitrogens is 1. The number of hydrogen-bond acceptors (Lipinski definition) is 2. The molecule has 27 heavy (non-hydrogen) atoms. The number of hydrogen-bond donors (Lipinski definition) is 1. The number of anilines is 1. The van der Waals surface area contributed by atoms with Gasteiger partial charge in [0.1, 0.15) is 5.75 Å². The van der Waals surface area contributed by atoms with Gasteiger partial charge in [0, 0.05) is 24.1 Å². The van der Waals surface area contributed by atoms with E-state index in [9.17, 15) is 4.79 Å². The van der Waals surface area contributed by atoms with Crippen molar-refractivity contribution in [1.29, 1.82) is 0 Å². The number of para-hydroxylation sites is 4. The van der Waals surface area contributed by atoms with Crippen LogP contribution in [0.25, 0.3) is 10.9 Å². The van der Waals surface area contributed by atoms with Gasteiger partial charge >= 0.3 is 0 Å². The lowest BCUT2D eigenvalue weighted by molar-refractivity contribution is -0.115. The van der Waals surface area contributed by atoms with Crippen molar-refractivity contribution >= 4 is 22.5 Å². The summed E-state index contributed by atoms with van der Waals surface area (Å²) >= 11 is 0. The Morgan fingerprint density at radius 2 is 1.63 bits per heavy atom. The molecule has 0 saturated carbocycles. The molecule has 0 spiro atoms. The van der Waals surface area contributed by atoms with Crippen LogP contribution < -0.4 is 10.1 Å². The lowest BCUT2D eigenvalue weighted by atomic mass is 10.1. The first-order chi connectivity index (χ1) is 13.2. The third-order valence-corrected chi connectivity index (χ3v) is 4.46. The average Bonchev–Trinajstić information content (AvgIpc) is 3.00. The standard InChI is InChI=1S/C23H20N2O2/c1-25-16-17(19-11-5-7-13-21(19)25)15-23(26)24-20-12-6-8-14-22(20)27-18-9-3-2-4-10-18/h2-14,16H,15H2,1H3,(H,24,26). The van der Waals surface area contributed by atoms with Crippen LogP contribution in [0.5, 0.6) is 11.5 Å². The van der Waals surface area contributed by atoms with Crippen molar-refractivity contribution in [2.24, 2.45) is 7.05 Å². The smallest absolute Gasteiger partial charge is 0.228 e. The van der Waals surface area contributed by atoms with E-state index in [2.05, 4.69) is 11.4 Å². The van der Waals surface area contributed by atoms with E-state index in [1.807, 2.05) is 90.6 Å². The highest BCUT2D eigenvalue weighted by Gasteiger charge is 2.13. The van der Waals surface area contributed by atoms with Gasteiger partial charge in [0.2, 0.25) is 5.91 Å². The zero-order chi connectivity index (χ0) is 18.6. The number of carbonyl (C=O) groups excluding carboxylic acids is 1. The van der Waals surface area contributed by atoms with Crippen molar-refractivity contribution in [3.05, 3.63) is 90.6 Å². The first-order valence-electron chi connectivity index (χ1n) is 8.85. The van der Waals surface area contributed by atoms with Gasteiger partial charge in [-0.2, -0.15) is 0 Å². The number of carbonyl (C=O) groups is 1. The Labute approximate surface area is 158 Å². The Hall–Kier alpha value is -3.53. The number of nitrogens with one attached hydrogen (secondary N) is 1. The van der Waals surface area contributed by atoms with Gasteiger partial charge in [-0.3, -0.25) is 4.79 Å². The molecule has 0 unspecified atom stereocenters. The molecule has 0 bridgehead atoms. The van der Waals surface area contributed by atoms with Crippen molar-refractivity contribution in [1.82, 2.24) is 4.57 Å². The summed E-state index contributed by atoms with van der Waals surface area (Å²) in [5, 5.41) is 4.08. The van der Waals surface area contributed by atoms with Gasteiger partial charge in [0.25, 0.3) is 0 Å². The van der Waals surface area contributed by atoms with Gasteiger partial charge < -0.3 is 14.6 Å². The molecule has 3 aromatic carbocycles. The first-order valence-corrected chi connectivity index (χ1v) is 8.85. The minimum absolute atomic E-state index is 0.0736. The maximum atomic E-state index is 12.7. The lowest BCUT2D eigenvalue weighted by Crippen LogP contribution is -2.14. The van der Waals surface area contributed by atoms with Crippen LogP contribution in [0.4, 0.5) is 5.69 Å². The lowest BCUT2D eigenvalue weighted by Gasteiger charge is -2.12. The minimum Gasteiger partial charge on any atom is -0.455 e. The number of rotatable bonds is 5. The summed E-state index contributed by atoms with van der Waals surface area (Å²) in [6.45, 7) is 0. The van der Waals surface area contributed by atoms with Crippen molar-refractivity contribution < 1.29 is 9.53 Å². The second-order valence-corrected chi connectivity index (χ2v) is 6.42. The predicted octanol–water partition coefficient (Wildman–Crippen LogP) is 5.15. The fourth-order valence-corrected chi connectivity index (χ4v) is 3.21. The summed E-state index contributed by atoms with van der Waals surface area (Å²) < 4.78 is 7.96. The van der Waals surface area contributed by atoms with E-state index in [4.69, 9.17) is 4.74 Å². The van der Waals surface area contributed by atoms with Gasteiger partial charge in [-0.05, 0) is 35.9 Å². The second-order valence-electron chi connectivity index (χ2n) is 6.42. The molecule has 1 aromatic heterocycles. The fourth-order valence-electron chi connectivity index (χ4n) is 3.21. The van der Waals surface area contributed by atoms with Crippen molar-refractivity contribution in [3.63, 3.8) is 0 Å². The number of ether oxygens (including phenoxy) is 1. The highest BCUT2D eigenvalue weighted by Crippen LogP contribution is 2.29. The molecule has 4 heteroatoms. The monoisotopic (exact) mass is 356 g/mol. The number of benzene rings is 3. The molecule has 0 aliphatic heterocycles. The molecule has 1 amide bonds. The predicted molar refractivity (Wildman–Crippen MR) is 108 cm³/mol. The summed E-state index contributed by atoms with van der Waals surface area (Å²) in [4.78, 5) is 12.7. The highest BCUT2D eigenvalue weighted by atomic mass is 16.5. The third kappa shape index (κ3) is 3.70. The fraction of sp³-hybridized carbons (Fsp3) is 0.0870. The summed E-state index contributed by atoms with van der Waals surface area (Å²) in [6.07, 6.45) is 2.32. The molecule has 134 valence electrons. The molecule has 4 rings (SSSR count). The molecular formula is C23H20N2O2. The molecule has 4 aromatic rings. The SMILES string of the molecule is Cn1cc(CC(=O)Nc2ccccc2Oc2ccccc2)c2ccccc21. The van der Waals surface area contributed by atoms with Crippen molar-refractivity contribution in [3.8, 4) is 11.5 Å². The van der Waals surface area contributed by atoms with E-state index in [0.29, 0.717) is 17.9 Å². The quantitative estimate of drug-likeness (QED) is 0.537. The van der Waals surface area contributed by atoms with Crippen LogP contribution in [0, 0.1) is 0 Å². The molecule has 4 nitrogen and oxygen atoms in total. The van der Waals surface area contributed by atoms with Crippen molar-refractivity contribution in [2.45, 2.75) is 6.42 Å². The summed E-state index contributed by atoms with van der Waals surface area (Å²) in [7, 11) is 1.99. The molecular weight excluding hydrogens is 336 g/mol. The van der Waals surface area contributed by atoms with E-state index in [0.717, 1.165) is 22.2 Å². The number of fused-ring (bicyclic) bond motifs is 1. The molecule has 1 N–H and O–H groups in total. The van der Waals surface area contributed by atoms with Crippen LogP contribution in [0.3, 0.4) is 0 Å². The van der Waals surface area contributed by atoms with Crippen LogP contribution in [0.2, 0.25) is 0 Å². The number of aryl methyl sites for hydroxylation is 1. The van der Waals surface area contributed by atoms with Crippen LogP contribution in [0.15, 0.2) is 85.1 Å². The van der Waals surface area contributed by atoms with Crippen LogP contribution in [0.1, 0.15) is 5.56 Å². The maximum Gasteiger partial charge on any atom is 0.228 e. The zero-order valence-electron chi connectivity index (χ0n) is 15.1. The maximum absolute atomic E-state index is 12.7. The Kier molecular flexibility index (Phi) is 4.62. The van der Waals surface area contributed by atoms with Crippen LogP contribution in [-0.4, -0.2) is 10.5 Å². The highest BCUT2D eigenvalue weighted by molar-refractivity contribution is 5.96. The van der Waals surface area contributed by atoms with E-state index in [1.54, 1.807) is 0 Å². The molecule has 0 atom stereocenters. The van der Waals surface area contributed by atoms with Gasteiger partial charge in [-0.1, -0.05) is 48.5 Å². The molecule has 0 fully saturated rings. The van der Waals surface area contributed by atoms with Crippen molar-refractivity contribution in [2.75, 3.05) is 5.32 Å². The molecule has 0 aliphatic carbocycles. The van der Waals surface area contributed by atoms with E-state index < -0.39 is 0 Å². The molecule has 1 heterocycles. The Balaban J connectivity index is 1.53. The number of amides is 1. The van der Waals surface area contributed by atoms with Crippen LogP contribution >= 0.6 is 0 Å². The van der Waals surface area contributed by atoms with Gasteiger partial charge in [0.05, 0.1) is 12.1 Å². The Morgan fingerprint density at radius 3 is 2.48 bits per heavy atom. The number of nitrogens with zero attached hydrogens (tertiary/aromatic N) is 1. The minimum atomic E-state index is -0.0736. The third-order valence-electron chi connectivity index (χ3n) is 4.46. The molecule has 0 aliphatic rings.